The van der Waals surface area contributed by atoms with Crippen molar-refractivity contribution < 1.29 is 0 Å². The highest BCUT2D eigenvalue weighted by Gasteiger charge is 2.32. The van der Waals surface area contributed by atoms with Gasteiger partial charge in [-0.2, -0.15) is 0 Å². The van der Waals surface area contributed by atoms with Crippen molar-refractivity contribution in [3.63, 3.8) is 0 Å². The van der Waals surface area contributed by atoms with Gasteiger partial charge in [-0.1, -0.05) is 26.7 Å². The first kappa shape index (κ1) is 13.4. The number of nitrogens with one attached hydrogen (secondary N) is 1. The van der Waals surface area contributed by atoms with Crippen LogP contribution in [0.25, 0.3) is 0 Å². The third-order valence-corrected chi connectivity index (χ3v) is 4.66. The molecular formula is C15H30N2. The van der Waals surface area contributed by atoms with Gasteiger partial charge in [-0.05, 0) is 45.1 Å². The predicted molar refractivity (Wildman–Crippen MR) is 74.3 cm³/mol. The van der Waals surface area contributed by atoms with Crippen molar-refractivity contribution >= 4 is 0 Å². The lowest BCUT2D eigenvalue weighted by atomic mass is 9.94. The molecule has 0 bridgehead atoms. The molecule has 3 atom stereocenters. The quantitative estimate of drug-likeness (QED) is 0.765. The first-order valence-corrected chi connectivity index (χ1v) is 7.73. The summed E-state index contributed by atoms with van der Waals surface area (Å²) >= 11 is 0. The van der Waals surface area contributed by atoms with Gasteiger partial charge < -0.3 is 5.32 Å². The number of hydrogen-bond acceptors (Lipinski definition) is 2. The summed E-state index contributed by atoms with van der Waals surface area (Å²) in [5.41, 5.74) is 0. The summed E-state index contributed by atoms with van der Waals surface area (Å²) in [6.07, 6.45) is 8.49. The summed E-state index contributed by atoms with van der Waals surface area (Å²) in [7, 11) is 0. The molecule has 2 fully saturated rings. The van der Waals surface area contributed by atoms with Crippen LogP contribution in [0.5, 0.6) is 0 Å². The van der Waals surface area contributed by atoms with E-state index in [1.807, 2.05) is 0 Å². The number of hydrogen-bond donors (Lipinski definition) is 1. The topological polar surface area (TPSA) is 15.3 Å². The Morgan fingerprint density at radius 3 is 2.53 bits per heavy atom. The van der Waals surface area contributed by atoms with Gasteiger partial charge in [0.05, 0.1) is 0 Å². The first-order valence-electron chi connectivity index (χ1n) is 7.73. The van der Waals surface area contributed by atoms with E-state index in [0.717, 1.165) is 30.6 Å². The van der Waals surface area contributed by atoms with E-state index in [9.17, 15) is 0 Å². The first-order chi connectivity index (χ1) is 8.24. The minimum Gasteiger partial charge on any atom is -0.314 e. The van der Waals surface area contributed by atoms with Gasteiger partial charge in [0.1, 0.15) is 0 Å². The molecule has 1 aliphatic carbocycles. The molecule has 1 N–H and O–H groups in total. The third kappa shape index (κ3) is 3.69. The van der Waals surface area contributed by atoms with Crippen molar-refractivity contribution in [1.29, 1.82) is 0 Å². The maximum Gasteiger partial charge on any atom is 0.00981 e. The van der Waals surface area contributed by atoms with Crippen LogP contribution in [0, 0.1) is 5.92 Å². The van der Waals surface area contributed by atoms with E-state index in [1.165, 1.54) is 45.1 Å². The summed E-state index contributed by atoms with van der Waals surface area (Å²) in [5, 5.41) is 3.62. The lowest BCUT2D eigenvalue weighted by Crippen LogP contribution is -2.51. The van der Waals surface area contributed by atoms with Crippen LogP contribution in [0.4, 0.5) is 0 Å². The van der Waals surface area contributed by atoms with Crippen LogP contribution in [-0.2, 0) is 0 Å². The Morgan fingerprint density at radius 2 is 2.00 bits per heavy atom. The van der Waals surface area contributed by atoms with Gasteiger partial charge in [-0.15, -0.1) is 0 Å². The molecule has 2 heteroatoms. The molecule has 0 spiro atoms. The molecular weight excluding hydrogens is 208 g/mol. The van der Waals surface area contributed by atoms with Gasteiger partial charge in [0.2, 0.25) is 0 Å². The van der Waals surface area contributed by atoms with Crippen LogP contribution >= 0.6 is 0 Å². The summed E-state index contributed by atoms with van der Waals surface area (Å²) in [5.74, 6) is 1.07. The number of likely N-dealkylation sites (tertiary alicyclic amines) is 1. The standard InChI is InChI=1S/C15H30N2/c1-4-15(11-13-6-7-13)17-9-8-14(16-5-2)10-12(17)3/h12-16H,4-11H2,1-3H3. The average Bonchev–Trinajstić information content (AvgIpc) is 3.11. The molecule has 17 heavy (non-hydrogen) atoms. The lowest BCUT2D eigenvalue weighted by Gasteiger charge is -2.42. The third-order valence-electron chi connectivity index (χ3n) is 4.66. The average molecular weight is 238 g/mol. The van der Waals surface area contributed by atoms with Crippen LogP contribution in [0.1, 0.15) is 59.3 Å². The fraction of sp³-hybridized carbons (Fsp3) is 1.00. The molecule has 2 nitrogen and oxygen atoms in total. The molecule has 100 valence electrons. The van der Waals surface area contributed by atoms with Gasteiger partial charge in [0, 0.05) is 24.7 Å². The van der Waals surface area contributed by atoms with Crippen molar-refractivity contribution in [2.45, 2.75) is 77.4 Å². The van der Waals surface area contributed by atoms with Crippen LogP contribution in [0.15, 0.2) is 0 Å². The smallest absolute Gasteiger partial charge is 0.00981 e. The normalized spacial score (nSPS) is 32.6. The fourth-order valence-corrected chi connectivity index (χ4v) is 3.48. The van der Waals surface area contributed by atoms with Crippen LogP contribution < -0.4 is 5.32 Å². The Bertz CT molecular complexity index is 225. The molecule has 1 heterocycles. The molecule has 2 aliphatic rings. The van der Waals surface area contributed by atoms with Crippen molar-refractivity contribution in [3.05, 3.63) is 0 Å². The van der Waals surface area contributed by atoms with E-state index in [2.05, 4.69) is 31.0 Å². The zero-order valence-corrected chi connectivity index (χ0v) is 11.9. The van der Waals surface area contributed by atoms with Crippen molar-refractivity contribution in [2.75, 3.05) is 13.1 Å². The van der Waals surface area contributed by atoms with E-state index in [-0.39, 0.29) is 0 Å². The van der Waals surface area contributed by atoms with Gasteiger partial charge >= 0.3 is 0 Å². The molecule has 1 saturated heterocycles. The minimum atomic E-state index is 0.768. The van der Waals surface area contributed by atoms with Crippen LogP contribution in [0.3, 0.4) is 0 Å². The molecule has 3 unspecified atom stereocenters. The monoisotopic (exact) mass is 238 g/mol. The second kappa shape index (κ2) is 6.19. The van der Waals surface area contributed by atoms with Crippen molar-refractivity contribution in [2.24, 2.45) is 5.92 Å². The number of rotatable bonds is 6. The second-order valence-corrected chi connectivity index (χ2v) is 6.11. The Hall–Kier alpha value is -0.0800. The second-order valence-electron chi connectivity index (χ2n) is 6.11. The maximum absolute atomic E-state index is 3.62. The Balaban J connectivity index is 1.83. The summed E-state index contributed by atoms with van der Waals surface area (Å²) in [6.45, 7) is 9.45. The van der Waals surface area contributed by atoms with Crippen LogP contribution in [-0.4, -0.2) is 36.1 Å². The molecule has 0 amide bonds. The SMILES string of the molecule is CCNC1CCN(C(CC)CC2CC2)C(C)C1. The van der Waals surface area contributed by atoms with E-state index >= 15 is 0 Å². The highest BCUT2D eigenvalue weighted by Crippen LogP contribution is 2.36. The van der Waals surface area contributed by atoms with E-state index < -0.39 is 0 Å². The predicted octanol–water partition coefficient (Wildman–Crippen LogP) is 3.03. The molecule has 0 aromatic heterocycles. The van der Waals surface area contributed by atoms with Gasteiger partial charge in [-0.25, -0.2) is 0 Å². The highest BCUT2D eigenvalue weighted by molar-refractivity contribution is 4.89. The molecule has 0 radical (unpaired) electrons. The number of nitrogens with zero attached hydrogens (tertiary/aromatic N) is 1. The highest BCUT2D eigenvalue weighted by atomic mass is 15.2. The maximum atomic E-state index is 3.62. The molecule has 2 rings (SSSR count). The van der Waals surface area contributed by atoms with E-state index in [0.29, 0.717) is 0 Å². The summed E-state index contributed by atoms with van der Waals surface area (Å²) in [6, 6.07) is 2.40. The van der Waals surface area contributed by atoms with E-state index in [4.69, 9.17) is 0 Å². The molecule has 0 aromatic rings. The van der Waals surface area contributed by atoms with Crippen LogP contribution in [0.2, 0.25) is 0 Å². The summed E-state index contributed by atoms with van der Waals surface area (Å²) < 4.78 is 0. The zero-order valence-electron chi connectivity index (χ0n) is 11.9. The van der Waals surface area contributed by atoms with Gasteiger partial charge in [-0.3, -0.25) is 4.90 Å². The molecule has 0 aromatic carbocycles. The van der Waals surface area contributed by atoms with E-state index in [1.54, 1.807) is 0 Å². The Kier molecular flexibility index (Phi) is 4.87. The van der Waals surface area contributed by atoms with Crippen molar-refractivity contribution in [1.82, 2.24) is 10.2 Å². The fourth-order valence-electron chi connectivity index (χ4n) is 3.48. The molecule has 1 aliphatic heterocycles. The Morgan fingerprint density at radius 1 is 1.24 bits per heavy atom. The largest absolute Gasteiger partial charge is 0.314 e. The Labute approximate surface area is 107 Å². The number of piperidine rings is 1. The lowest BCUT2D eigenvalue weighted by molar-refractivity contribution is 0.0782. The molecule has 1 saturated carbocycles. The minimum absolute atomic E-state index is 0.768. The van der Waals surface area contributed by atoms with Crippen molar-refractivity contribution in [3.8, 4) is 0 Å². The van der Waals surface area contributed by atoms with Gasteiger partial charge in [0.25, 0.3) is 0 Å². The van der Waals surface area contributed by atoms with Gasteiger partial charge in [0.15, 0.2) is 0 Å². The summed E-state index contributed by atoms with van der Waals surface area (Å²) in [4.78, 5) is 2.80. The zero-order chi connectivity index (χ0) is 12.3.